The van der Waals surface area contributed by atoms with Crippen LogP contribution in [-0.2, 0) is 0 Å². The molecule has 0 bridgehead atoms. The third kappa shape index (κ3) is 2.28. The number of allylic oxidation sites excluding steroid dienone is 1. The van der Waals surface area contributed by atoms with Gasteiger partial charge in [0.2, 0.25) is 0 Å². The zero-order chi connectivity index (χ0) is 16.7. The summed E-state index contributed by atoms with van der Waals surface area (Å²) in [5.74, 6) is 0.469. The molecule has 0 unspecified atom stereocenters. The summed E-state index contributed by atoms with van der Waals surface area (Å²) in [5.41, 5.74) is 8.35. The average Bonchev–Trinajstić information content (AvgIpc) is 2.96. The highest BCUT2D eigenvalue weighted by Crippen LogP contribution is 2.29. The predicted octanol–water partition coefficient (Wildman–Crippen LogP) is 1.99. The molecule has 8 heteroatoms. The molecule has 1 aliphatic heterocycles. The van der Waals surface area contributed by atoms with Crippen LogP contribution in [0.5, 0.6) is 0 Å². The SMILES string of the molecule is CN1C=C(n2c(-c3cccc(F)c3)nc3c(N)ncnc32)C=NC1. The largest absolute Gasteiger partial charge is 0.382 e. The molecule has 24 heavy (non-hydrogen) atoms. The minimum absolute atomic E-state index is 0.276. The Morgan fingerprint density at radius 3 is 2.92 bits per heavy atom. The molecule has 4 rings (SSSR count). The summed E-state index contributed by atoms with van der Waals surface area (Å²) >= 11 is 0. The molecule has 0 atom stereocenters. The van der Waals surface area contributed by atoms with Crippen molar-refractivity contribution in [1.29, 1.82) is 0 Å². The maximum Gasteiger partial charge on any atom is 0.170 e. The van der Waals surface area contributed by atoms with Gasteiger partial charge in [-0.1, -0.05) is 12.1 Å². The molecule has 7 nitrogen and oxygen atoms in total. The highest BCUT2D eigenvalue weighted by Gasteiger charge is 2.20. The van der Waals surface area contributed by atoms with Gasteiger partial charge in [0.1, 0.15) is 24.6 Å². The van der Waals surface area contributed by atoms with Crippen LogP contribution in [0.25, 0.3) is 28.2 Å². The summed E-state index contributed by atoms with van der Waals surface area (Å²) in [6.45, 7) is 0.572. The van der Waals surface area contributed by atoms with Crippen LogP contribution >= 0.6 is 0 Å². The first-order valence-electron chi connectivity index (χ1n) is 7.30. The molecule has 2 N–H and O–H groups in total. The Labute approximate surface area is 137 Å². The van der Waals surface area contributed by atoms with Crippen LogP contribution in [0.4, 0.5) is 10.2 Å². The Balaban J connectivity index is 2.04. The molecule has 3 heterocycles. The van der Waals surface area contributed by atoms with E-state index in [2.05, 4.69) is 19.9 Å². The number of rotatable bonds is 2. The summed E-state index contributed by atoms with van der Waals surface area (Å²) in [7, 11) is 1.92. The van der Waals surface area contributed by atoms with Crippen molar-refractivity contribution < 1.29 is 4.39 Å². The Kier molecular flexibility index (Phi) is 3.23. The second kappa shape index (κ2) is 5.41. The fraction of sp³-hybridized carbons (Fsp3) is 0.125. The van der Waals surface area contributed by atoms with E-state index in [0.717, 1.165) is 5.70 Å². The van der Waals surface area contributed by atoms with Crippen LogP contribution in [0.1, 0.15) is 0 Å². The highest BCUT2D eigenvalue weighted by atomic mass is 19.1. The zero-order valence-corrected chi connectivity index (χ0v) is 12.9. The van der Waals surface area contributed by atoms with Crippen molar-refractivity contribution in [3.8, 4) is 11.4 Å². The van der Waals surface area contributed by atoms with Crippen LogP contribution in [0.3, 0.4) is 0 Å². The quantitative estimate of drug-likeness (QED) is 0.779. The summed E-state index contributed by atoms with van der Waals surface area (Å²) in [6, 6.07) is 6.23. The minimum Gasteiger partial charge on any atom is -0.382 e. The van der Waals surface area contributed by atoms with Crippen LogP contribution in [-0.4, -0.2) is 44.3 Å². The van der Waals surface area contributed by atoms with E-state index in [1.807, 2.05) is 18.1 Å². The average molecular weight is 323 g/mol. The molecule has 120 valence electrons. The third-order valence-electron chi connectivity index (χ3n) is 3.69. The van der Waals surface area contributed by atoms with Gasteiger partial charge in [-0.25, -0.2) is 19.3 Å². The first-order valence-corrected chi connectivity index (χ1v) is 7.30. The number of aliphatic imine (C=N–C) groups is 1. The number of halogens is 1. The Morgan fingerprint density at radius 2 is 2.12 bits per heavy atom. The van der Waals surface area contributed by atoms with Gasteiger partial charge in [-0.2, -0.15) is 0 Å². The Hall–Kier alpha value is -3.29. The van der Waals surface area contributed by atoms with Gasteiger partial charge in [0.05, 0.1) is 5.70 Å². The molecule has 0 saturated heterocycles. The number of anilines is 1. The molecule has 1 aromatic carbocycles. The Morgan fingerprint density at radius 1 is 1.25 bits per heavy atom. The molecule has 0 radical (unpaired) electrons. The van der Waals surface area contributed by atoms with E-state index >= 15 is 0 Å². The molecule has 2 aromatic heterocycles. The minimum atomic E-state index is -0.339. The maximum atomic E-state index is 13.7. The second-order valence-electron chi connectivity index (χ2n) is 5.48. The third-order valence-corrected chi connectivity index (χ3v) is 3.69. The van der Waals surface area contributed by atoms with E-state index in [9.17, 15) is 4.39 Å². The fourth-order valence-electron chi connectivity index (χ4n) is 2.65. The first-order chi connectivity index (χ1) is 11.6. The van der Waals surface area contributed by atoms with Crippen molar-refractivity contribution in [3.05, 3.63) is 42.6 Å². The van der Waals surface area contributed by atoms with Crippen LogP contribution in [0, 0.1) is 5.82 Å². The topological polar surface area (TPSA) is 85.2 Å². The zero-order valence-electron chi connectivity index (χ0n) is 12.9. The molecule has 0 spiro atoms. The molecule has 0 fully saturated rings. The van der Waals surface area contributed by atoms with Crippen molar-refractivity contribution in [2.24, 2.45) is 4.99 Å². The highest BCUT2D eigenvalue weighted by molar-refractivity contribution is 6.06. The normalized spacial score (nSPS) is 14.2. The number of nitrogens with zero attached hydrogens (tertiary/aromatic N) is 6. The number of benzene rings is 1. The lowest BCUT2D eigenvalue weighted by atomic mass is 10.2. The van der Waals surface area contributed by atoms with Gasteiger partial charge in [0.25, 0.3) is 0 Å². The smallest absolute Gasteiger partial charge is 0.170 e. The molecule has 0 amide bonds. The lowest BCUT2D eigenvalue weighted by Gasteiger charge is -2.19. The molecule has 0 aliphatic carbocycles. The van der Waals surface area contributed by atoms with Gasteiger partial charge in [0, 0.05) is 25.0 Å². The van der Waals surface area contributed by atoms with Gasteiger partial charge in [0.15, 0.2) is 17.0 Å². The van der Waals surface area contributed by atoms with Gasteiger partial charge < -0.3 is 10.6 Å². The van der Waals surface area contributed by atoms with E-state index in [1.54, 1.807) is 22.9 Å². The lowest BCUT2D eigenvalue weighted by Crippen LogP contribution is -2.18. The Bertz CT molecular complexity index is 989. The van der Waals surface area contributed by atoms with Crippen molar-refractivity contribution in [3.63, 3.8) is 0 Å². The van der Waals surface area contributed by atoms with E-state index in [0.29, 0.717) is 29.2 Å². The van der Waals surface area contributed by atoms with Crippen LogP contribution in [0.15, 0.2) is 41.8 Å². The summed E-state index contributed by atoms with van der Waals surface area (Å²) < 4.78 is 15.5. The number of nitrogen functional groups attached to an aromatic ring is 1. The van der Waals surface area contributed by atoms with Crippen molar-refractivity contribution in [1.82, 2.24) is 24.4 Å². The number of hydrogen-bond acceptors (Lipinski definition) is 6. The van der Waals surface area contributed by atoms with E-state index in [-0.39, 0.29) is 11.6 Å². The first kappa shape index (κ1) is 14.3. The van der Waals surface area contributed by atoms with Crippen molar-refractivity contribution >= 4 is 28.9 Å². The second-order valence-corrected chi connectivity index (χ2v) is 5.48. The summed E-state index contributed by atoms with van der Waals surface area (Å²) in [6.07, 6.45) is 5.05. The van der Waals surface area contributed by atoms with Gasteiger partial charge in [-0.3, -0.25) is 9.56 Å². The lowest BCUT2D eigenvalue weighted by molar-refractivity contribution is 0.470. The fourth-order valence-corrected chi connectivity index (χ4v) is 2.65. The van der Waals surface area contributed by atoms with Crippen molar-refractivity contribution in [2.45, 2.75) is 0 Å². The number of hydrogen-bond donors (Lipinski definition) is 1. The summed E-state index contributed by atoms with van der Waals surface area (Å²) in [4.78, 5) is 19.1. The van der Waals surface area contributed by atoms with Crippen LogP contribution < -0.4 is 5.73 Å². The predicted molar refractivity (Wildman–Crippen MR) is 90.5 cm³/mol. The van der Waals surface area contributed by atoms with Crippen LogP contribution in [0.2, 0.25) is 0 Å². The number of imidazole rings is 1. The van der Waals surface area contributed by atoms with Gasteiger partial charge in [-0.15, -0.1) is 0 Å². The summed E-state index contributed by atoms with van der Waals surface area (Å²) in [5, 5.41) is 0. The van der Waals surface area contributed by atoms with Crippen molar-refractivity contribution in [2.75, 3.05) is 19.5 Å². The number of nitrogens with two attached hydrogens (primary N) is 1. The van der Waals surface area contributed by atoms with Gasteiger partial charge in [-0.05, 0) is 12.1 Å². The van der Waals surface area contributed by atoms with Gasteiger partial charge >= 0.3 is 0 Å². The maximum absolute atomic E-state index is 13.7. The molecular formula is C16H14FN7. The van der Waals surface area contributed by atoms with E-state index in [1.165, 1.54) is 18.5 Å². The van der Waals surface area contributed by atoms with E-state index in [4.69, 9.17) is 5.73 Å². The number of fused-ring (bicyclic) bond motifs is 1. The standard InChI is InChI=1S/C16H14FN7/c1-23-7-12(6-19-9-23)24-15(10-3-2-4-11(17)5-10)22-13-14(18)20-8-21-16(13)24/h2-8H,9H2,1H3,(H2,18,20,21). The monoisotopic (exact) mass is 323 g/mol. The molecule has 0 saturated carbocycles. The molecular weight excluding hydrogens is 309 g/mol. The molecule has 1 aliphatic rings. The number of aromatic nitrogens is 4. The van der Waals surface area contributed by atoms with E-state index < -0.39 is 0 Å². The molecule has 3 aromatic rings.